The summed E-state index contributed by atoms with van der Waals surface area (Å²) in [6.45, 7) is 7.50. The van der Waals surface area contributed by atoms with Crippen LogP contribution >= 0.6 is 0 Å². The van der Waals surface area contributed by atoms with Crippen LogP contribution in [-0.4, -0.2) is 75.1 Å². The van der Waals surface area contributed by atoms with Crippen LogP contribution in [0.25, 0.3) is 5.76 Å². The topological polar surface area (TPSA) is 173 Å². The largest absolute Gasteiger partial charge is 0.508 e. The van der Waals surface area contributed by atoms with Crippen LogP contribution in [-0.2, 0) is 27.3 Å². The van der Waals surface area contributed by atoms with Crippen molar-refractivity contribution in [3.63, 3.8) is 0 Å². The fraction of sp³-hybridized carbons (Fsp3) is 0.519. The number of phenolic OH excluding ortho intramolecular Hbond substituents is 1. The molecule has 3 aliphatic rings. The van der Waals surface area contributed by atoms with E-state index in [1.807, 2.05) is 0 Å². The second-order valence-electron chi connectivity index (χ2n) is 11.7. The number of hydrogen-bond acceptors (Lipinski definition) is 9. The van der Waals surface area contributed by atoms with E-state index in [4.69, 9.17) is 5.73 Å². The maximum atomic E-state index is 13.8. The normalized spacial score (nSPS) is 27.8. The number of nitrogens with zero attached hydrogens (tertiary/aromatic N) is 1. The molecule has 200 valence electrons. The molecule has 1 saturated carbocycles. The van der Waals surface area contributed by atoms with E-state index < -0.39 is 58.0 Å². The van der Waals surface area contributed by atoms with Gasteiger partial charge in [0.15, 0.2) is 11.4 Å². The zero-order valence-electron chi connectivity index (χ0n) is 21.8. The van der Waals surface area contributed by atoms with Gasteiger partial charge in [-0.25, -0.2) is 0 Å². The number of fused-ring (bicyclic) bond motifs is 3. The molecule has 0 radical (unpaired) electrons. The van der Waals surface area contributed by atoms with Gasteiger partial charge in [0, 0.05) is 24.6 Å². The molecule has 0 saturated heterocycles. The summed E-state index contributed by atoms with van der Waals surface area (Å²) in [5, 5.41) is 47.8. The molecular formula is C27H35N3O7. The van der Waals surface area contributed by atoms with E-state index in [0.717, 1.165) is 12.1 Å². The van der Waals surface area contributed by atoms with Gasteiger partial charge >= 0.3 is 0 Å². The Balaban J connectivity index is 1.86. The number of aliphatic hydroxyl groups is 3. The van der Waals surface area contributed by atoms with Crippen LogP contribution in [0.1, 0.15) is 43.9 Å². The second kappa shape index (κ2) is 8.97. The van der Waals surface area contributed by atoms with Crippen molar-refractivity contribution in [3.8, 4) is 5.75 Å². The van der Waals surface area contributed by atoms with Crippen molar-refractivity contribution < 1.29 is 34.8 Å². The third-order valence-electron chi connectivity index (χ3n) is 7.67. The van der Waals surface area contributed by atoms with Gasteiger partial charge in [-0.15, -0.1) is 0 Å². The molecule has 7 N–H and O–H groups in total. The third-order valence-corrected chi connectivity index (χ3v) is 7.67. The Bertz CT molecular complexity index is 1260. The number of nitrogens with two attached hydrogens (primary N) is 1. The second-order valence-corrected chi connectivity index (χ2v) is 11.7. The molecule has 1 fully saturated rings. The molecule has 37 heavy (non-hydrogen) atoms. The number of rotatable bonds is 5. The summed E-state index contributed by atoms with van der Waals surface area (Å²) in [6, 6.07) is 2.11. The Morgan fingerprint density at radius 1 is 1.19 bits per heavy atom. The zero-order valence-corrected chi connectivity index (χ0v) is 21.8. The number of hydrogen-bond donors (Lipinski definition) is 6. The maximum Gasteiger partial charge on any atom is 0.255 e. The zero-order chi connectivity index (χ0) is 27.6. The molecule has 3 aliphatic carbocycles. The number of phenols is 1. The molecule has 0 bridgehead atoms. The first-order valence-electron chi connectivity index (χ1n) is 12.3. The number of amides is 1. The van der Waals surface area contributed by atoms with Crippen molar-refractivity contribution in [2.75, 3.05) is 20.6 Å². The van der Waals surface area contributed by atoms with Crippen molar-refractivity contribution in [2.45, 2.75) is 51.8 Å². The van der Waals surface area contributed by atoms with Crippen LogP contribution in [0.15, 0.2) is 29.0 Å². The summed E-state index contributed by atoms with van der Waals surface area (Å²) in [6.07, 6.45) is 0.339. The van der Waals surface area contributed by atoms with Crippen LogP contribution in [0.5, 0.6) is 5.75 Å². The molecule has 1 aromatic rings. The predicted octanol–water partition coefficient (Wildman–Crippen LogP) is 1.10. The summed E-state index contributed by atoms with van der Waals surface area (Å²) in [4.78, 5) is 40.5. The Morgan fingerprint density at radius 2 is 1.84 bits per heavy atom. The van der Waals surface area contributed by atoms with Gasteiger partial charge in [-0.05, 0) is 55.5 Å². The van der Waals surface area contributed by atoms with E-state index >= 15 is 0 Å². The number of nitrogens with one attached hydrogen (secondary N) is 1. The first-order valence-corrected chi connectivity index (χ1v) is 12.3. The van der Waals surface area contributed by atoms with Crippen molar-refractivity contribution in [2.24, 2.45) is 23.0 Å². The fourth-order valence-electron chi connectivity index (χ4n) is 6.05. The van der Waals surface area contributed by atoms with E-state index in [1.165, 1.54) is 11.0 Å². The number of Topliss-reactive ketones (excluding diaryl/α,β-unsaturated/α-hetero) is 2. The molecule has 10 nitrogen and oxygen atoms in total. The van der Waals surface area contributed by atoms with Crippen LogP contribution in [0.3, 0.4) is 0 Å². The summed E-state index contributed by atoms with van der Waals surface area (Å²) in [5.74, 6) is -6.51. The minimum absolute atomic E-state index is 0.0421. The highest BCUT2D eigenvalue weighted by Crippen LogP contribution is 2.52. The molecule has 4 atom stereocenters. The monoisotopic (exact) mass is 513 g/mol. The maximum absolute atomic E-state index is 13.8. The Labute approximate surface area is 215 Å². The minimum Gasteiger partial charge on any atom is -0.508 e. The first-order chi connectivity index (χ1) is 17.1. The molecule has 0 aliphatic heterocycles. The van der Waals surface area contributed by atoms with Gasteiger partial charge in [0.1, 0.15) is 22.8 Å². The van der Waals surface area contributed by atoms with Gasteiger partial charge in [0.2, 0.25) is 5.78 Å². The lowest BCUT2D eigenvalue weighted by Gasteiger charge is -2.50. The number of carbonyl (C=O) groups is 3. The van der Waals surface area contributed by atoms with E-state index in [0.29, 0.717) is 12.1 Å². The molecular weight excluding hydrogens is 478 g/mol. The number of ketones is 2. The molecule has 10 heteroatoms. The standard InChI is InChI=1S/C27H35N3O7/c1-26(2,3)11-29-10-12-6-7-16(31)18-14(12)8-13-9-15-20(30(4)5)22(33)19(25(28)36)24(35)27(15,37)23(34)17(13)21(18)32/h6-7,13,15,20,29,31-32,35,37H,8-11H2,1-5H3,(H2,28,36)/t13-,15-,20?,27-/m1/s1. The van der Waals surface area contributed by atoms with Gasteiger partial charge in [-0.3, -0.25) is 19.3 Å². The molecule has 0 heterocycles. The average Bonchev–Trinajstić information content (AvgIpc) is 2.76. The highest BCUT2D eigenvalue weighted by molar-refractivity contribution is 6.24. The molecule has 0 spiro atoms. The smallest absolute Gasteiger partial charge is 0.255 e. The first kappa shape index (κ1) is 26.8. The van der Waals surface area contributed by atoms with Gasteiger partial charge in [-0.1, -0.05) is 26.8 Å². The van der Waals surface area contributed by atoms with Crippen molar-refractivity contribution >= 4 is 23.2 Å². The third kappa shape index (κ3) is 4.13. The van der Waals surface area contributed by atoms with Crippen LogP contribution in [0, 0.1) is 17.3 Å². The lowest BCUT2D eigenvalue weighted by Crippen LogP contribution is -2.65. The van der Waals surface area contributed by atoms with E-state index in [9.17, 15) is 34.8 Å². The average molecular weight is 514 g/mol. The highest BCUT2D eigenvalue weighted by atomic mass is 16.3. The Morgan fingerprint density at radius 3 is 2.41 bits per heavy atom. The van der Waals surface area contributed by atoms with Crippen LogP contribution < -0.4 is 11.1 Å². The van der Waals surface area contributed by atoms with Crippen molar-refractivity contribution in [3.05, 3.63) is 45.7 Å². The van der Waals surface area contributed by atoms with Gasteiger partial charge < -0.3 is 31.5 Å². The molecule has 1 aromatic carbocycles. The number of aromatic hydroxyl groups is 1. The number of aliphatic hydroxyl groups excluding tert-OH is 2. The number of benzene rings is 1. The summed E-state index contributed by atoms with van der Waals surface area (Å²) in [7, 11) is 3.15. The van der Waals surface area contributed by atoms with Crippen molar-refractivity contribution in [1.29, 1.82) is 0 Å². The molecule has 4 rings (SSSR count). The quantitative estimate of drug-likeness (QED) is 0.315. The SMILES string of the molecule is CN(C)C1C(=O)C(C(N)=O)=C(O)[C@]2(O)C(=O)C3=C(O)c4c(O)ccc(CNCC(C)(C)C)c4C[C@@H]3C[C@H]12. The van der Waals surface area contributed by atoms with Gasteiger partial charge in [0.05, 0.1) is 11.6 Å². The number of primary amides is 1. The predicted molar refractivity (Wildman–Crippen MR) is 135 cm³/mol. The summed E-state index contributed by atoms with van der Waals surface area (Å²) in [5.41, 5.74) is 3.40. The van der Waals surface area contributed by atoms with Crippen LogP contribution in [0.4, 0.5) is 0 Å². The van der Waals surface area contributed by atoms with E-state index in [-0.39, 0.29) is 35.1 Å². The summed E-state index contributed by atoms with van der Waals surface area (Å²) < 4.78 is 0. The Hall–Kier alpha value is -3.21. The molecule has 1 unspecified atom stereocenters. The summed E-state index contributed by atoms with van der Waals surface area (Å²) >= 11 is 0. The number of likely N-dealkylation sites (N-methyl/N-ethyl adjacent to an activating group) is 1. The van der Waals surface area contributed by atoms with Gasteiger partial charge in [-0.2, -0.15) is 0 Å². The highest BCUT2D eigenvalue weighted by Gasteiger charge is 2.64. The number of carbonyl (C=O) groups excluding carboxylic acids is 3. The fourth-order valence-corrected chi connectivity index (χ4v) is 6.05. The van der Waals surface area contributed by atoms with Crippen molar-refractivity contribution in [1.82, 2.24) is 10.2 Å². The molecule has 0 aromatic heterocycles. The molecule has 1 amide bonds. The van der Waals surface area contributed by atoms with E-state index in [2.05, 4.69) is 26.1 Å². The lowest BCUT2D eigenvalue weighted by molar-refractivity contribution is -0.153. The van der Waals surface area contributed by atoms with Gasteiger partial charge in [0.25, 0.3) is 5.91 Å². The van der Waals surface area contributed by atoms with Crippen LogP contribution in [0.2, 0.25) is 0 Å². The van der Waals surface area contributed by atoms with E-state index in [1.54, 1.807) is 20.2 Å². The Kier molecular flexibility index (Phi) is 6.51. The minimum atomic E-state index is -2.63. The lowest BCUT2D eigenvalue weighted by atomic mass is 9.57.